The number of sulfonamides is 1. The Hall–Kier alpha value is -2.14. The number of piperidine rings is 1. The van der Waals surface area contributed by atoms with Gasteiger partial charge in [0.25, 0.3) is 0 Å². The number of carbonyl (C=O) groups is 1. The smallest absolute Gasteiger partial charge is 0.409 e. The van der Waals surface area contributed by atoms with Crippen LogP contribution in [0.4, 0.5) is 4.79 Å². The van der Waals surface area contributed by atoms with Crippen LogP contribution in [0.15, 0.2) is 41.6 Å². The fraction of sp³-hybridized carbons (Fsp3) is 0.630. The number of piperazine rings is 1. The van der Waals surface area contributed by atoms with Gasteiger partial charge in [-0.25, -0.2) is 18.2 Å². The Labute approximate surface area is 230 Å². The Kier molecular flexibility index (Phi) is 8.62. The van der Waals surface area contributed by atoms with Gasteiger partial charge in [-0.3, -0.25) is 4.90 Å². The highest BCUT2D eigenvalue weighted by Crippen LogP contribution is 2.38. The van der Waals surface area contributed by atoms with Crippen molar-refractivity contribution in [1.29, 1.82) is 0 Å². The topological polar surface area (TPSA) is 88.0 Å². The van der Waals surface area contributed by atoms with E-state index in [0.717, 1.165) is 19.5 Å². The van der Waals surface area contributed by atoms with Gasteiger partial charge in [-0.1, -0.05) is 30.9 Å². The molecule has 208 valence electrons. The van der Waals surface area contributed by atoms with Gasteiger partial charge in [0.2, 0.25) is 10.0 Å². The number of amides is 1. The van der Waals surface area contributed by atoms with Crippen molar-refractivity contribution in [2.75, 3.05) is 32.8 Å². The first-order chi connectivity index (χ1) is 18.3. The molecule has 38 heavy (non-hydrogen) atoms. The predicted molar refractivity (Wildman–Crippen MR) is 145 cm³/mol. The van der Waals surface area contributed by atoms with E-state index in [9.17, 15) is 13.2 Å². The van der Waals surface area contributed by atoms with Crippen molar-refractivity contribution < 1.29 is 17.9 Å². The monoisotopic (exact) mass is 563 g/mol. The SMILES string of the molecule is Cn1ccnc1[C@@H]1CCC[C@H](COC(=O)N2CCN(C3CCCCC3)CC2)N1S(=O)(=O)c1ccc(Cl)cc1. The fourth-order valence-corrected chi connectivity index (χ4v) is 8.16. The highest BCUT2D eigenvalue weighted by atomic mass is 35.5. The second-order valence-corrected chi connectivity index (χ2v) is 13.0. The zero-order chi connectivity index (χ0) is 26.7. The Morgan fingerprint density at radius 2 is 1.71 bits per heavy atom. The molecule has 1 aliphatic carbocycles. The third-order valence-corrected chi connectivity index (χ3v) is 10.5. The van der Waals surface area contributed by atoms with Crippen molar-refractivity contribution in [1.82, 2.24) is 23.7 Å². The molecule has 3 fully saturated rings. The first-order valence-corrected chi connectivity index (χ1v) is 15.6. The van der Waals surface area contributed by atoms with E-state index in [1.807, 2.05) is 17.8 Å². The van der Waals surface area contributed by atoms with E-state index in [0.29, 0.717) is 42.8 Å². The molecule has 0 radical (unpaired) electrons. The van der Waals surface area contributed by atoms with Crippen LogP contribution in [0.5, 0.6) is 0 Å². The van der Waals surface area contributed by atoms with E-state index in [1.54, 1.807) is 23.2 Å². The van der Waals surface area contributed by atoms with E-state index in [-0.39, 0.29) is 17.6 Å². The summed E-state index contributed by atoms with van der Waals surface area (Å²) in [4.78, 5) is 22.0. The van der Waals surface area contributed by atoms with E-state index in [4.69, 9.17) is 16.3 Å². The zero-order valence-corrected chi connectivity index (χ0v) is 23.6. The summed E-state index contributed by atoms with van der Waals surface area (Å²) in [6.45, 7) is 3.02. The van der Waals surface area contributed by atoms with Crippen molar-refractivity contribution in [2.24, 2.45) is 7.05 Å². The number of aryl methyl sites for hydroxylation is 1. The summed E-state index contributed by atoms with van der Waals surface area (Å²) in [5, 5.41) is 0.470. The molecule has 0 spiro atoms. The van der Waals surface area contributed by atoms with Crippen LogP contribution in [0.3, 0.4) is 0 Å². The molecule has 0 unspecified atom stereocenters. The number of nitrogens with zero attached hydrogens (tertiary/aromatic N) is 5. The molecule has 1 aromatic carbocycles. The van der Waals surface area contributed by atoms with E-state index < -0.39 is 22.1 Å². The zero-order valence-electron chi connectivity index (χ0n) is 22.0. The first-order valence-electron chi connectivity index (χ1n) is 13.8. The quantitative estimate of drug-likeness (QED) is 0.516. The van der Waals surface area contributed by atoms with Crippen LogP contribution in [0.2, 0.25) is 5.02 Å². The van der Waals surface area contributed by atoms with Crippen LogP contribution < -0.4 is 0 Å². The molecule has 2 aliphatic heterocycles. The second kappa shape index (κ2) is 11.9. The third-order valence-electron chi connectivity index (χ3n) is 8.29. The second-order valence-electron chi connectivity index (χ2n) is 10.7. The fourth-order valence-electron chi connectivity index (χ4n) is 6.22. The average Bonchev–Trinajstić information content (AvgIpc) is 3.38. The maximum absolute atomic E-state index is 13.9. The summed E-state index contributed by atoms with van der Waals surface area (Å²) in [6.07, 6.45) is 11.6. The average molecular weight is 564 g/mol. The summed E-state index contributed by atoms with van der Waals surface area (Å²) in [5.41, 5.74) is 0. The predicted octanol–water partition coefficient (Wildman–Crippen LogP) is 4.44. The number of benzene rings is 1. The molecular weight excluding hydrogens is 526 g/mol. The largest absolute Gasteiger partial charge is 0.448 e. The van der Waals surface area contributed by atoms with Crippen LogP contribution in [-0.2, 0) is 21.8 Å². The van der Waals surface area contributed by atoms with Crippen molar-refractivity contribution in [2.45, 2.75) is 74.4 Å². The maximum Gasteiger partial charge on any atom is 0.409 e. The van der Waals surface area contributed by atoms with E-state index in [1.165, 1.54) is 48.5 Å². The van der Waals surface area contributed by atoms with Gasteiger partial charge in [0.05, 0.1) is 17.0 Å². The highest BCUT2D eigenvalue weighted by Gasteiger charge is 2.43. The Morgan fingerprint density at radius 3 is 2.37 bits per heavy atom. The number of ether oxygens (including phenoxy) is 1. The number of hydrogen-bond acceptors (Lipinski definition) is 6. The van der Waals surface area contributed by atoms with Gasteiger partial charge in [-0.05, 0) is 56.4 Å². The van der Waals surface area contributed by atoms with Crippen LogP contribution in [0, 0.1) is 0 Å². The number of imidazole rings is 1. The highest BCUT2D eigenvalue weighted by molar-refractivity contribution is 7.89. The van der Waals surface area contributed by atoms with Gasteiger partial charge in [-0.15, -0.1) is 0 Å². The van der Waals surface area contributed by atoms with Crippen LogP contribution in [0.1, 0.15) is 63.2 Å². The molecule has 3 heterocycles. The van der Waals surface area contributed by atoms with Gasteiger partial charge >= 0.3 is 6.09 Å². The minimum absolute atomic E-state index is 0.00934. The molecule has 1 aromatic heterocycles. The van der Waals surface area contributed by atoms with Crippen molar-refractivity contribution in [3.05, 3.63) is 47.5 Å². The van der Waals surface area contributed by atoms with Gasteiger partial charge in [0.15, 0.2) is 0 Å². The van der Waals surface area contributed by atoms with Crippen molar-refractivity contribution >= 4 is 27.7 Å². The van der Waals surface area contributed by atoms with Gasteiger partial charge in [0.1, 0.15) is 12.4 Å². The van der Waals surface area contributed by atoms with Crippen molar-refractivity contribution in [3.8, 4) is 0 Å². The summed E-state index contributed by atoms with van der Waals surface area (Å²) in [6, 6.07) is 5.91. The molecule has 0 bridgehead atoms. The molecule has 11 heteroatoms. The number of rotatable bonds is 6. The normalized spacial score (nSPS) is 24.4. The molecule has 3 aliphatic rings. The van der Waals surface area contributed by atoms with E-state index >= 15 is 0 Å². The van der Waals surface area contributed by atoms with Gasteiger partial charge < -0.3 is 14.2 Å². The summed E-state index contributed by atoms with van der Waals surface area (Å²) in [7, 11) is -2.04. The van der Waals surface area contributed by atoms with Crippen LogP contribution in [0.25, 0.3) is 0 Å². The third kappa shape index (κ3) is 5.88. The lowest BCUT2D eigenvalue weighted by Crippen LogP contribution is -2.53. The number of hydrogen-bond donors (Lipinski definition) is 0. The van der Waals surface area contributed by atoms with Crippen molar-refractivity contribution in [3.63, 3.8) is 0 Å². The van der Waals surface area contributed by atoms with Crippen LogP contribution >= 0.6 is 11.6 Å². The molecule has 1 saturated carbocycles. The molecule has 2 atom stereocenters. The Bertz CT molecular complexity index is 1190. The molecule has 0 N–H and O–H groups in total. The number of halogens is 1. The molecule has 1 amide bonds. The van der Waals surface area contributed by atoms with Gasteiger partial charge in [-0.2, -0.15) is 4.31 Å². The molecular formula is C27H38ClN5O4S. The molecule has 5 rings (SSSR count). The first kappa shape index (κ1) is 27.4. The molecule has 2 aromatic rings. The lowest BCUT2D eigenvalue weighted by atomic mass is 9.94. The maximum atomic E-state index is 13.9. The lowest BCUT2D eigenvalue weighted by molar-refractivity contribution is 0.0374. The van der Waals surface area contributed by atoms with E-state index in [2.05, 4.69) is 9.88 Å². The standard InChI is InChI=1S/C27H38ClN5O4S/c1-30-15-14-29-26(30)25-9-5-8-23(33(25)38(35,36)24-12-10-21(28)11-13-24)20-37-27(34)32-18-16-31(17-19-32)22-6-3-2-4-7-22/h10-15,22-23,25H,2-9,16-20H2,1H3/t23-,25+/m1/s1. The molecule has 9 nitrogen and oxygen atoms in total. The summed E-state index contributed by atoms with van der Waals surface area (Å²) in [5.74, 6) is 0.678. The van der Waals surface area contributed by atoms with Crippen LogP contribution in [-0.4, -0.2) is 83.0 Å². The number of aromatic nitrogens is 2. The minimum atomic E-state index is -3.90. The Balaban J connectivity index is 1.28. The minimum Gasteiger partial charge on any atom is -0.448 e. The summed E-state index contributed by atoms with van der Waals surface area (Å²) >= 11 is 6.03. The summed E-state index contributed by atoms with van der Waals surface area (Å²) < 4.78 is 37.1. The molecule has 2 saturated heterocycles. The lowest BCUT2D eigenvalue weighted by Gasteiger charge is -2.41. The number of carbonyl (C=O) groups excluding carboxylic acids is 1. The van der Waals surface area contributed by atoms with Gasteiger partial charge in [0, 0.05) is 56.7 Å². The Morgan fingerprint density at radius 1 is 1.00 bits per heavy atom.